The summed E-state index contributed by atoms with van der Waals surface area (Å²) in [5.41, 5.74) is 1.94. The molecule has 2 heterocycles. The molecule has 0 unspecified atom stereocenters. The molecule has 0 amide bonds. The highest BCUT2D eigenvalue weighted by Crippen LogP contribution is 2.11. The maximum absolute atomic E-state index is 11.8. The van der Waals surface area contributed by atoms with Crippen LogP contribution in [-0.4, -0.2) is 25.4 Å². The van der Waals surface area contributed by atoms with Gasteiger partial charge in [-0.15, -0.1) is 0 Å². The third-order valence-corrected chi connectivity index (χ3v) is 2.81. The van der Waals surface area contributed by atoms with Crippen molar-refractivity contribution in [2.75, 3.05) is 0 Å². The number of aryl methyl sites for hydroxylation is 1. The molecule has 0 aliphatic carbocycles. The maximum atomic E-state index is 11.8. The molecule has 0 fully saturated rings. The minimum atomic E-state index is 0.0213. The van der Waals surface area contributed by atoms with Gasteiger partial charge in [0.15, 0.2) is 0 Å². The van der Waals surface area contributed by atoms with E-state index in [0.717, 1.165) is 16.9 Å². The summed E-state index contributed by atoms with van der Waals surface area (Å²) in [6.45, 7) is 0. The topological polar surface area (TPSA) is 63.6 Å². The van der Waals surface area contributed by atoms with Crippen molar-refractivity contribution in [2.45, 2.75) is 12.8 Å². The van der Waals surface area contributed by atoms with Crippen LogP contribution in [0.3, 0.4) is 0 Å². The van der Waals surface area contributed by atoms with Gasteiger partial charge in [-0.25, -0.2) is 9.97 Å². The summed E-state index contributed by atoms with van der Waals surface area (Å²) in [6, 6.07) is 7.83. The fourth-order valence-corrected chi connectivity index (χ4v) is 1.89. The van der Waals surface area contributed by atoms with Crippen LogP contribution in [0.25, 0.3) is 11.0 Å². The lowest BCUT2D eigenvalue weighted by atomic mass is 10.3. The maximum Gasteiger partial charge on any atom is 0.232 e. The van der Waals surface area contributed by atoms with Crippen LogP contribution in [0.2, 0.25) is 0 Å². The van der Waals surface area contributed by atoms with Gasteiger partial charge in [0.05, 0.1) is 11.0 Å². The van der Waals surface area contributed by atoms with E-state index < -0.39 is 0 Å². The van der Waals surface area contributed by atoms with Gasteiger partial charge >= 0.3 is 0 Å². The van der Waals surface area contributed by atoms with Gasteiger partial charge in [-0.3, -0.25) is 9.36 Å². The zero-order valence-electron chi connectivity index (χ0n) is 9.71. The first-order valence-corrected chi connectivity index (χ1v) is 5.78. The van der Waals surface area contributed by atoms with Gasteiger partial charge in [-0.1, -0.05) is 12.1 Å². The van der Waals surface area contributed by atoms with E-state index in [0.29, 0.717) is 12.8 Å². The number of H-pyrrole nitrogens is 1. The van der Waals surface area contributed by atoms with Crippen molar-refractivity contribution >= 4 is 16.9 Å². The zero-order chi connectivity index (χ0) is 12.4. The number of benzene rings is 1. The molecular weight excluding hydrogens is 228 g/mol. The summed E-state index contributed by atoms with van der Waals surface area (Å²) in [5.74, 6) is 0.859. The molecule has 0 atom stereocenters. The van der Waals surface area contributed by atoms with E-state index in [4.69, 9.17) is 0 Å². The number of hydrogen-bond donors (Lipinski definition) is 1. The minimum Gasteiger partial charge on any atom is -0.342 e. The number of aromatic amines is 1. The van der Waals surface area contributed by atoms with Crippen molar-refractivity contribution < 1.29 is 4.79 Å². The second-order valence-corrected chi connectivity index (χ2v) is 4.06. The number of nitrogens with one attached hydrogen (secondary N) is 1. The van der Waals surface area contributed by atoms with Gasteiger partial charge in [-0.2, -0.15) is 0 Å². The van der Waals surface area contributed by atoms with Crippen molar-refractivity contribution in [1.82, 2.24) is 19.5 Å². The zero-order valence-corrected chi connectivity index (χ0v) is 9.71. The Morgan fingerprint density at radius 2 is 2.22 bits per heavy atom. The molecule has 0 saturated carbocycles. The van der Waals surface area contributed by atoms with Gasteiger partial charge < -0.3 is 4.98 Å². The summed E-state index contributed by atoms with van der Waals surface area (Å²) in [5, 5.41) is 0. The number of rotatable bonds is 3. The van der Waals surface area contributed by atoms with E-state index in [1.807, 2.05) is 24.3 Å². The summed E-state index contributed by atoms with van der Waals surface area (Å²) in [7, 11) is 0. The van der Waals surface area contributed by atoms with Crippen LogP contribution in [0.5, 0.6) is 0 Å². The fourth-order valence-electron chi connectivity index (χ4n) is 1.89. The highest BCUT2D eigenvalue weighted by molar-refractivity contribution is 5.79. The third kappa shape index (κ3) is 2.02. The number of carbonyl (C=O) groups is 1. The standard InChI is InChI=1S/C13H12N4O/c18-13(17-8-7-14-9-17)6-5-12-15-10-3-1-2-4-11(10)16-12/h1-4,7-9H,5-6H2,(H,15,16). The summed E-state index contributed by atoms with van der Waals surface area (Å²) >= 11 is 0. The molecule has 5 heteroatoms. The molecule has 0 aliphatic rings. The van der Waals surface area contributed by atoms with Gasteiger partial charge in [-0.05, 0) is 12.1 Å². The number of para-hydroxylation sites is 2. The molecule has 0 aliphatic heterocycles. The molecule has 18 heavy (non-hydrogen) atoms. The fraction of sp³-hybridized carbons (Fsp3) is 0.154. The van der Waals surface area contributed by atoms with E-state index >= 15 is 0 Å². The predicted octanol–water partition coefficient (Wildman–Crippen LogP) is 2.03. The number of imidazole rings is 2. The number of hydrogen-bond acceptors (Lipinski definition) is 3. The molecular formula is C13H12N4O. The summed E-state index contributed by atoms with van der Waals surface area (Å²) in [6.07, 6.45) is 5.78. The molecule has 0 radical (unpaired) electrons. The molecule has 0 bridgehead atoms. The van der Waals surface area contributed by atoms with Crippen LogP contribution in [-0.2, 0) is 6.42 Å². The Morgan fingerprint density at radius 3 is 3.00 bits per heavy atom. The van der Waals surface area contributed by atoms with Crippen molar-refractivity contribution in [3.8, 4) is 0 Å². The summed E-state index contributed by atoms with van der Waals surface area (Å²) in [4.78, 5) is 23.3. The van der Waals surface area contributed by atoms with E-state index in [2.05, 4.69) is 15.0 Å². The Labute approximate surface area is 103 Å². The van der Waals surface area contributed by atoms with Crippen LogP contribution < -0.4 is 0 Å². The van der Waals surface area contributed by atoms with E-state index in [1.54, 1.807) is 12.4 Å². The Bertz CT molecular complexity index is 636. The smallest absolute Gasteiger partial charge is 0.232 e. The van der Waals surface area contributed by atoms with Crippen LogP contribution in [0, 0.1) is 0 Å². The molecule has 5 nitrogen and oxygen atoms in total. The lowest BCUT2D eigenvalue weighted by molar-refractivity contribution is 0.0902. The first kappa shape index (κ1) is 10.7. The Hall–Kier alpha value is -2.43. The number of aromatic nitrogens is 4. The van der Waals surface area contributed by atoms with Crippen molar-refractivity contribution in [2.24, 2.45) is 0 Å². The number of nitrogens with zero attached hydrogens (tertiary/aromatic N) is 3. The van der Waals surface area contributed by atoms with Crippen LogP contribution in [0.4, 0.5) is 0 Å². The average molecular weight is 240 g/mol. The molecule has 3 aromatic rings. The second-order valence-electron chi connectivity index (χ2n) is 4.06. The van der Waals surface area contributed by atoms with Gasteiger partial charge in [0.2, 0.25) is 5.91 Å². The molecule has 0 saturated heterocycles. The second kappa shape index (κ2) is 4.44. The van der Waals surface area contributed by atoms with Crippen molar-refractivity contribution in [3.63, 3.8) is 0 Å². The normalized spacial score (nSPS) is 10.9. The highest BCUT2D eigenvalue weighted by atomic mass is 16.2. The monoisotopic (exact) mass is 240 g/mol. The molecule has 2 aromatic heterocycles. The van der Waals surface area contributed by atoms with E-state index in [-0.39, 0.29) is 5.91 Å². The van der Waals surface area contributed by atoms with Crippen LogP contribution in [0.1, 0.15) is 17.0 Å². The molecule has 1 N–H and O–H groups in total. The predicted molar refractivity (Wildman–Crippen MR) is 67.3 cm³/mol. The minimum absolute atomic E-state index is 0.0213. The summed E-state index contributed by atoms with van der Waals surface area (Å²) < 4.78 is 1.49. The molecule has 90 valence electrons. The van der Waals surface area contributed by atoms with Gasteiger partial charge in [0.25, 0.3) is 0 Å². The molecule has 0 spiro atoms. The highest BCUT2D eigenvalue weighted by Gasteiger charge is 2.07. The Morgan fingerprint density at radius 1 is 1.33 bits per heavy atom. The average Bonchev–Trinajstić information content (AvgIpc) is 3.04. The van der Waals surface area contributed by atoms with Crippen LogP contribution >= 0.6 is 0 Å². The third-order valence-electron chi connectivity index (χ3n) is 2.81. The molecule has 1 aromatic carbocycles. The first-order chi connectivity index (χ1) is 8.83. The van der Waals surface area contributed by atoms with Gasteiger partial charge in [0.1, 0.15) is 12.2 Å². The number of fused-ring (bicyclic) bond motifs is 1. The lowest BCUT2D eigenvalue weighted by Gasteiger charge is -1.98. The molecule has 3 rings (SSSR count). The van der Waals surface area contributed by atoms with Crippen molar-refractivity contribution in [1.29, 1.82) is 0 Å². The van der Waals surface area contributed by atoms with E-state index in [9.17, 15) is 4.79 Å². The van der Waals surface area contributed by atoms with E-state index in [1.165, 1.54) is 10.9 Å². The van der Waals surface area contributed by atoms with Crippen LogP contribution in [0.15, 0.2) is 43.0 Å². The first-order valence-electron chi connectivity index (χ1n) is 5.78. The Kier molecular flexibility index (Phi) is 2.64. The lowest BCUT2D eigenvalue weighted by Crippen LogP contribution is -2.09. The van der Waals surface area contributed by atoms with Crippen molar-refractivity contribution in [3.05, 3.63) is 48.8 Å². The SMILES string of the molecule is O=C(CCc1nc2ccccc2[nH]1)n1ccnc1. The Balaban J connectivity index is 1.71. The largest absolute Gasteiger partial charge is 0.342 e. The number of carbonyl (C=O) groups excluding carboxylic acids is 1. The van der Waals surface area contributed by atoms with Gasteiger partial charge in [0, 0.05) is 25.2 Å². The quantitative estimate of drug-likeness (QED) is 0.761.